The highest BCUT2D eigenvalue weighted by Crippen LogP contribution is 2.54. The maximum absolute atomic E-state index is 10.3. The third-order valence-electron chi connectivity index (χ3n) is 8.31. The van der Waals surface area contributed by atoms with E-state index in [-0.39, 0.29) is 5.54 Å². The van der Waals surface area contributed by atoms with Crippen molar-refractivity contribution in [2.75, 3.05) is 0 Å². The second kappa shape index (κ2) is 16.4. The van der Waals surface area contributed by atoms with E-state index in [2.05, 4.69) is 19.1 Å². The third kappa shape index (κ3) is 9.53. The zero-order chi connectivity index (χ0) is 23.8. The molecule has 2 saturated heterocycles. The maximum Gasteiger partial charge on any atom is 0.303 e. The van der Waals surface area contributed by atoms with Crippen LogP contribution in [0.25, 0.3) is 5.53 Å². The minimum Gasteiger partial charge on any atom is -0.506 e. The Morgan fingerprint density at radius 2 is 1.45 bits per heavy atom. The number of aliphatic carboxylic acids is 1. The summed E-state index contributed by atoms with van der Waals surface area (Å²) in [5.74, 6) is 0.177. The number of piperidine rings is 1. The lowest BCUT2D eigenvalue weighted by molar-refractivity contribution is -0.756. The summed E-state index contributed by atoms with van der Waals surface area (Å²) in [6.07, 6.45) is 31.8. The summed E-state index contributed by atoms with van der Waals surface area (Å²) >= 11 is 0. The summed E-state index contributed by atoms with van der Waals surface area (Å²) in [6, 6.07) is 0.534. The molecule has 2 heterocycles. The molecule has 1 aliphatic carbocycles. The van der Waals surface area contributed by atoms with Crippen LogP contribution < -0.4 is 0 Å². The predicted octanol–water partition coefficient (Wildman–Crippen LogP) is 9.01. The lowest BCUT2D eigenvalue weighted by Crippen LogP contribution is -2.69. The van der Waals surface area contributed by atoms with Crippen molar-refractivity contribution in [2.45, 2.75) is 160 Å². The monoisotopic (exact) mass is 460 g/mol. The zero-order valence-corrected chi connectivity index (χ0v) is 21.6. The molecule has 2 bridgehead atoms. The third-order valence-corrected chi connectivity index (χ3v) is 8.31. The van der Waals surface area contributed by atoms with Gasteiger partial charge in [-0.2, -0.15) is 0 Å². The van der Waals surface area contributed by atoms with Gasteiger partial charge in [0.25, 0.3) is 0 Å². The number of carbonyl (C=O) groups is 1. The molecule has 3 atom stereocenters. The number of carboxylic acid groups (broad SMARTS) is 1. The van der Waals surface area contributed by atoms with E-state index >= 15 is 0 Å². The van der Waals surface area contributed by atoms with Crippen molar-refractivity contribution in [3.63, 3.8) is 0 Å². The molecule has 3 unspecified atom stereocenters. The largest absolute Gasteiger partial charge is 0.506 e. The molecule has 1 saturated carbocycles. The molecular weight excluding hydrogens is 408 g/mol. The van der Waals surface area contributed by atoms with E-state index in [1.165, 1.54) is 122 Å². The number of hydrogen-bond acceptors (Lipinski definition) is 1. The van der Waals surface area contributed by atoms with E-state index in [1.54, 1.807) is 4.70 Å². The highest BCUT2D eigenvalue weighted by Gasteiger charge is 2.64. The van der Waals surface area contributed by atoms with Gasteiger partial charge in [-0.15, -0.1) is 0 Å². The molecule has 1 spiro atoms. The molecule has 3 aliphatic rings. The predicted molar refractivity (Wildman–Crippen MR) is 138 cm³/mol. The number of rotatable bonds is 15. The van der Waals surface area contributed by atoms with Crippen molar-refractivity contribution in [2.24, 2.45) is 5.92 Å². The molecular formula is C29H52N2O2. The van der Waals surface area contributed by atoms with Crippen LogP contribution in [0.5, 0.6) is 0 Å². The number of unbranched alkanes of at least 4 members (excludes halogenated alkanes) is 11. The summed E-state index contributed by atoms with van der Waals surface area (Å²) < 4.78 is 1.73. The molecule has 3 fully saturated rings. The highest BCUT2D eigenvalue weighted by atomic mass is 16.4. The Morgan fingerprint density at radius 1 is 0.848 bits per heavy atom. The molecule has 33 heavy (non-hydrogen) atoms. The fourth-order valence-electron chi connectivity index (χ4n) is 6.39. The number of allylic oxidation sites excluding steroid dienone is 2. The summed E-state index contributed by atoms with van der Waals surface area (Å²) in [5, 5.41) is 8.51. The molecule has 0 amide bonds. The first-order valence-electron chi connectivity index (χ1n) is 14.5. The van der Waals surface area contributed by atoms with Crippen molar-refractivity contribution in [3.05, 3.63) is 17.7 Å². The molecule has 4 nitrogen and oxygen atoms in total. The van der Waals surface area contributed by atoms with Gasteiger partial charge in [-0.25, -0.2) is 0 Å². The normalized spacial score (nSPS) is 26.2. The Balaban J connectivity index is 0.000000251. The first-order valence-corrected chi connectivity index (χ1v) is 14.5. The SMILES string of the molecule is CCCCCCCC/C=C\CCCCCCCC(=O)O.[N-]=[N+]1C2CCCC13CCCCCC23. The van der Waals surface area contributed by atoms with Crippen LogP contribution in [0.2, 0.25) is 0 Å². The van der Waals surface area contributed by atoms with E-state index in [4.69, 9.17) is 5.11 Å². The van der Waals surface area contributed by atoms with Crippen LogP contribution in [0.3, 0.4) is 0 Å². The molecule has 0 aromatic heterocycles. The zero-order valence-electron chi connectivity index (χ0n) is 21.6. The van der Waals surface area contributed by atoms with Gasteiger partial charge in [0.2, 0.25) is 0 Å². The Labute approximate surface area is 204 Å². The van der Waals surface area contributed by atoms with Crippen molar-refractivity contribution in [1.82, 2.24) is 0 Å². The molecule has 0 aromatic carbocycles. The Kier molecular flexibility index (Phi) is 14.0. The number of carboxylic acids is 1. The van der Waals surface area contributed by atoms with Gasteiger partial charge >= 0.3 is 5.97 Å². The van der Waals surface area contributed by atoms with E-state index in [1.807, 2.05) is 0 Å². The van der Waals surface area contributed by atoms with Gasteiger partial charge < -0.3 is 15.3 Å². The van der Waals surface area contributed by atoms with Gasteiger partial charge in [0.1, 0.15) is 0 Å². The van der Waals surface area contributed by atoms with Gasteiger partial charge in [0, 0.05) is 25.7 Å². The molecule has 4 heteroatoms. The topological polar surface area (TPSA) is 62.6 Å². The van der Waals surface area contributed by atoms with E-state index in [0.717, 1.165) is 18.8 Å². The lowest BCUT2D eigenvalue weighted by atomic mass is 9.59. The summed E-state index contributed by atoms with van der Waals surface area (Å²) in [5.41, 5.74) is 10.2. The van der Waals surface area contributed by atoms with Crippen LogP contribution in [-0.2, 0) is 4.79 Å². The second-order valence-electron chi connectivity index (χ2n) is 10.8. The van der Waals surface area contributed by atoms with E-state index in [0.29, 0.717) is 12.5 Å². The Bertz CT molecular complexity index is 588. The van der Waals surface area contributed by atoms with Crippen molar-refractivity contribution >= 4 is 5.97 Å². The fraction of sp³-hybridized carbons (Fsp3) is 0.897. The van der Waals surface area contributed by atoms with Crippen molar-refractivity contribution in [1.29, 1.82) is 0 Å². The lowest BCUT2D eigenvalue weighted by Gasteiger charge is -2.57. The van der Waals surface area contributed by atoms with Crippen LogP contribution in [0.4, 0.5) is 0 Å². The van der Waals surface area contributed by atoms with Crippen LogP contribution in [-0.4, -0.2) is 27.4 Å². The Morgan fingerprint density at radius 3 is 2.09 bits per heavy atom. The minimum absolute atomic E-state index is 0.249. The average molecular weight is 461 g/mol. The van der Waals surface area contributed by atoms with Crippen molar-refractivity contribution < 1.29 is 14.6 Å². The minimum atomic E-state index is -0.664. The number of fused-ring (bicyclic) bond motifs is 2. The molecule has 190 valence electrons. The van der Waals surface area contributed by atoms with Crippen LogP contribution in [0.1, 0.15) is 148 Å². The Hall–Kier alpha value is -1.19. The van der Waals surface area contributed by atoms with E-state index < -0.39 is 5.97 Å². The van der Waals surface area contributed by atoms with Gasteiger partial charge in [-0.05, 0) is 51.4 Å². The number of nitrogens with zero attached hydrogens (tertiary/aromatic N) is 2. The van der Waals surface area contributed by atoms with Gasteiger partial charge in [0.05, 0.1) is 5.92 Å². The standard InChI is InChI=1S/C18H34O2.C11H18N2/c1-2-3-4-5-6-7-8-9-10-11-12-13-14-15-16-17-18(19)20;12-13-10-6-4-8-11(13)7-3-1-2-5-9(10)11/h9-10H,2-8,11-17H2,1H3,(H,19,20);9-10H,1-8H2/b10-9-;. The molecule has 0 radical (unpaired) electrons. The molecule has 1 N–H and O–H groups in total. The number of hydrogen-bond donors (Lipinski definition) is 1. The quantitative estimate of drug-likeness (QED) is 0.150. The fourth-order valence-corrected chi connectivity index (χ4v) is 6.39. The van der Waals surface area contributed by atoms with Gasteiger partial charge in [-0.1, -0.05) is 83.3 Å². The summed E-state index contributed by atoms with van der Waals surface area (Å²) in [4.78, 5) is 10.3. The average Bonchev–Trinajstić information content (AvgIpc) is 3.02. The van der Waals surface area contributed by atoms with Gasteiger partial charge in [-0.3, -0.25) is 4.79 Å². The summed E-state index contributed by atoms with van der Waals surface area (Å²) in [6.45, 7) is 2.26. The molecule has 2 aliphatic heterocycles. The maximum atomic E-state index is 10.3. The smallest absolute Gasteiger partial charge is 0.303 e. The van der Waals surface area contributed by atoms with Crippen LogP contribution in [0.15, 0.2) is 12.2 Å². The molecule has 0 aromatic rings. The van der Waals surface area contributed by atoms with Crippen molar-refractivity contribution in [3.8, 4) is 0 Å². The summed E-state index contributed by atoms with van der Waals surface area (Å²) in [7, 11) is 0. The second-order valence-corrected chi connectivity index (χ2v) is 10.8. The van der Waals surface area contributed by atoms with Gasteiger partial charge in [0.15, 0.2) is 11.6 Å². The highest BCUT2D eigenvalue weighted by molar-refractivity contribution is 5.66. The van der Waals surface area contributed by atoms with E-state index in [9.17, 15) is 10.3 Å². The first kappa shape index (κ1) is 28.1. The first-order chi connectivity index (χ1) is 16.1. The van der Waals surface area contributed by atoms with Crippen LogP contribution >= 0.6 is 0 Å². The van der Waals surface area contributed by atoms with Crippen LogP contribution in [0, 0.1) is 5.92 Å². The molecule has 3 rings (SSSR count).